The van der Waals surface area contributed by atoms with E-state index in [-0.39, 0.29) is 12.6 Å². The first kappa shape index (κ1) is 13.4. The van der Waals surface area contributed by atoms with Crippen LogP contribution in [0.2, 0.25) is 0 Å². The van der Waals surface area contributed by atoms with E-state index in [1.165, 1.54) is 0 Å². The van der Waals surface area contributed by atoms with Crippen molar-refractivity contribution in [2.75, 3.05) is 33.5 Å². The maximum atomic E-state index is 10.9. The summed E-state index contributed by atoms with van der Waals surface area (Å²) >= 11 is 0. The maximum absolute atomic E-state index is 10.9. The number of hydrogen-bond donors (Lipinski definition) is 1. The van der Waals surface area contributed by atoms with Crippen LogP contribution in [0.5, 0.6) is 0 Å². The third kappa shape index (κ3) is 4.92. The third-order valence-corrected chi connectivity index (χ3v) is 2.63. The van der Waals surface area contributed by atoms with Crippen molar-refractivity contribution in [2.24, 2.45) is 0 Å². The topological polar surface area (TPSA) is 56.8 Å². The fourth-order valence-electron chi connectivity index (χ4n) is 1.62. The van der Waals surface area contributed by atoms with Gasteiger partial charge >= 0.3 is 5.97 Å². The first-order chi connectivity index (χ1) is 7.76. The van der Waals surface area contributed by atoms with E-state index in [1.54, 1.807) is 14.0 Å². The van der Waals surface area contributed by atoms with Crippen LogP contribution in [0.3, 0.4) is 0 Å². The molecule has 0 aromatic rings. The van der Waals surface area contributed by atoms with Crippen molar-refractivity contribution < 1.29 is 19.0 Å². The molecule has 1 fully saturated rings. The van der Waals surface area contributed by atoms with Gasteiger partial charge in [-0.25, -0.2) is 4.79 Å². The fraction of sp³-hybridized carbons (Fsp3) is 0.909. The lowest BCUT2D eigenvalue weighted by Crippen LogP contribution is -2.46. The standard InChI is InChI=1S/C11H21NO4/c1-3-16-11(13)8-15-5-4-12-9-6-10(7-9)14-2/h9-10,12H,3-8H2,1-2H3. The van der Waals surface area contributed by atoms with Gasteiger partial charge in [-0.2, -0.15) is 0 Å². The molecule has 0 bridgehead atoms. The van der Waals surface area contributed by atoms with Gasteiger partial charge in [-0.3, -0.25) is 0 Å². The number of methoxy groups -OCH3 is 1. The second kappa shape index (κ2) is 7.60. The molecule has 5 heteroatoms. The van der Waals surface area contributed by atoms with Crippen molar-refractivity contribution in [1.29, 1.82) is 0 Å². The minimum atomic E-state index is -0.300. The largest absolute Gasteiger partial charge is 0.464 e. The quantitative estimate of drug-likeness (QED) is 0.482. The molecule has 0 heterocycles. The number of esters is 1. The molecule has 5 nitrogen and oxygen atoms in total. The van der Waals surface area contributed by atoms with Crippen molar-refractivity contribution in [3.63, 3.8) is 0 Å². The highest BCUT2D eigenvalue weighted by atomic mass is 16.6. The van der Waals surface area contributed by atoms with E-state index in [4.69, 9.17) is 14.2 Å². The number of nitrogens with one attached hydrogen (secondary N) is 1. The molecule has 94 valence electrons. The van der Waals surface area contributed by atoms with Gasteiger partial charge in [0.15, 0.2) is 0 Å². The molecule has 16 heavy (non-hydrogen) atoms. The smallest absolute Gasteiger partial charge is 0.332 e. The normalized spacial score (nSPS) is 23.9. The molecule has 0 unspecified atom stereocenters. The third-order valence-electron chi connectivity index (χ3n) is 2.63. The Kier molecular flexibility index (Phi) is 6.37. The first-order valence-corrected chi connectivity index (χ1v) is 5.75. The average molecular weight is 231 g/mol. The van der Waals surface area contributed by atoms with Crippen molar-refractivity contribution in [3.8, 4) is 0 Å². The molecule has 1 aliphatic carbocycles. The predicted octanol–water partition coefficient (Wildman–Crippen LogP) is 0.333. The molecule has 0 radical (unpaired) electrons. The van der Waals surface area contributed by atoms with Crippen LogP contribution in [-0.2, 0) is 19.0 Å². The lowest BCUT2D eigenvalue weighted by Gasteiger charge is -2.34. The summed E-state index contributed by atoms with van der Waals surface area (Å²) in [7, 11) is 1.74. The van der Waals surface area contributed by atoms with Gasteiger partial charge < -0.3 is 19.5 Å². The Balaban J connectivity index is 1.84. The SMILES string of the molecule is CCOC(=O)COCCNC1CC(OC)C1. The minimum absolute atomic E-state index is 0.0425. The van der Waals surface area contributed by atoms with Gasteiger partial charge in [-0.05, 0) is 19.8 Å². The lowest BCUT2D eigenvalue weighted by atomic mass is 9.89. The minimum Gasteiger partial charge on any atom is -0.464 e. The van der Waals surface area contributed by atoms with E-state index in [1.807, 2.05) is 0 Å². The van der Waals surface area contributed by atoms with Crippen molar-refractivity contribution >= 4 is 5.97 Å². The zero-order chi connectivity index (χ0) is 11.8. The summed E-state index contributed by atoms with van der Waals surface area (Å²) in [5, 5.41) is 3.33. The highest BCUT2D eigenvalue weighted by Crippen LogP contribution is 2.21. The Hall–Kier alpha value is -0.650. The molecular formula is C11H21NO4. The van der Waals surface area contributed by atoms with E-state index >= 15 is 0 Å². The monoisotopic (exact) mass is 231 g/mol. The summed E-state index contributed by atoms with van der Waals surface area (Å²) in [6, 6.07) is 0.538. The number of carbonyl (C=O) groups is 1. The Morgan fingerprint density at radius 1 is 1.44 bits per heavy atom. The van der Waals surface area contributed by atoms with Crippen molar-refractivity contribution in [2.45, 2.75) is 31.9 Å². The zero-order valence-electron chi connectivity index (χ0n) is 10.0. The van der Waals surface area contributed by atoms with Gasteiger partial charge in [-0.1, -0.05) is 0 Å². The average Bonchev–Trinajstić information content (AvgIpc) is 2.20. The molecular weight excluding hydrogens is 210 g/mol. The van der Waals surface area contributed by atoms with Gasteiger partial charge in [0.2, 0.25) is 0 Å². The van der Waals surface area contributed by atoms with Gasteiger partial charge in [0, 0.05) is 19.7 Å². The number of rotatable bonds is 8. The van der Waals surface area contributed by atoms with Gasteiger partial charge in [0.05, 0.1) is 19.3 Å². The Morgan fingerprint density at radius 3 is 2.81 bits per heavy atom. The molecule has 0 spiro atoms. The Labute approximate surface area is 96.4 Å². The molecule has 1 saturated carbocycles. The molecule has 0 atom stereocenters. The van der Waals surface area contributed by atoms with Gasteiger partial charge in [-0.15, -0.1) is 0 Å². The fourth-order valence-corrected chi connectivity index (χ4v) is 1.62. The molecule has 0 aromatic carbocycles. The number of ether oxygens (including phenoxy) is 3. The van der Waals surface area contributed by atoms with E-state index in [0.29, 0.717) is 25.4 Å². The van der Waals surface area contributed by atoms with Crippen molar-refractivity contribution in [3.05, 3.63) is 0 Å². The Bertz CT molecular complexity index is 204. The van der Waals surface area contributed by atoms with Gasteiger partial charge in [0.1, 0.15) is 6.61 Å². The molecule has 0 aliphatic heterocycles. The molecule has 1 aliphatic rings. The van der Waals surface area contributed by atoms with Crippen LogP contribution in [0, 0.1) is 0 Å². The summed E-state index contributed by atoms with van der Waals surface area (Å²) < 4.78 is 15.1. The summed E-state index contributed by atoms with van der Waals surface area (Å²) in [5.41, 5.74) is 0. The summed E-state index contributed by atoms with van der Waals surface area (Å²) in [6.07, 6.45) is 2.54. The van der Waals surface area contributed by atoms with E-state index in [2.05, 4.69) is 5.32 Å². The van der Waals surface area contributed by atoms with Crippen LogP contribution in [0.4, 0.5) is 0 Å². The second-order valence-electron chi connectivity index (χ2n) is 3.84. The van der Waals surface area contributed by atoms with Crippen LogP contribution < -0.4 is 5.32 Å². The van der Waals surface area contributed by atoms with E-state index < -0.39 is 0 Å². The van der Waals surface area contributed by atoms with E-state index in [0.717, 1.165) is 19.4 Å². The summed E-state index contributed by atoms with van der Waals surface area (Å²) in [5.74, 6) is -0.300. The van der Waals surface area contributed by atoms with E-state index in [9.17, 15) is 4.79 Å². The number of carbonyl (C=O) groups excluding carboxylic acids is 1. The molecule has 1 rings (SSSR count). The van der Waals surface area contributed by atoms with Crippen molar-refractivity contribution in [1.82, 2.24) is 5.32 Å². The van der Waals surface area contributed by atoms with Crippen LogP contribution >= 0.6 is 0 Å². The van der Waals surface area contributed by atoms with Crippen LogP contribution in [-0.4, -0.2) is 51.6 Å². The maximum Gasteiger partial charge on any atom is 0.332 e. The summed E-state index contributed by atoms with van der Waals surface area (Å²) in [4.78, 5) is 10.9. The number of hydrogen-bond acceptors (Lipinski definition) is 5. The first-order valence-electron chi connectivity index (χ1n) is 5.75. The highest BCUT2D eigenvalue weighted by Gasteiger charge is 2.27. The zero-order valence-corrected chi connectivity index (χ0v) is 10.0. The molecule has 1 N–H and O–H groups in total. The van der Waals surface area contributed by atoms with Crippen LogP contribution in [0.15, 0.2) is 0 Å². The summed E-state index contributed by atoms with van der Waals surface area (Å²) in [6.45, 7) is 3.53. The van der Waals surface area contributed by atoms with Crippen LogP contribution in [0.25, 0.3) is 0 Å². The molecule has 0 amide bonds. The van der Waals surface area contributed by atoms with Crippen LogP contribution in [0.1, 0.15) is 19.8 Å². The Morgan fingerprint density at radius 2 is 2.19 bits per heavy atom. The molecule has 0 saturated heterocycles. The lowest BCUT2D eigenvalue weighted by molar-refractivity contribution is -0.148. The van der Waals surface area contributed by atoms with Gasteiger partial charge in [0.25, 0.3) is 0 Å². The highest BCUT2D eigenvalue weighted by molar-refractivity contribution is 5.70. The second-order valence-corrected chi connectivity index (χ2v) is 3.84. The predicted molar refractivity (Wildman–Crippen MR) is 59.3 cm³/mol. The molecule has 0 aromatic heterocycles.